The fraction of sp³-hybridized carbons (Fsp3) is 0.488. The first kappa shape index (κ1) is 37.7. The first-order valence-electron chi connectivity index (χ1n) is 18.6. The molecule has 3 aromatic carbocycles. The highest BCUT2D eigenvalue weighted by Crippen LogP contribution is 2.47. The van der Waals surface area contributed by atoms with Gasteiger partial charge in [0, 0.05) is 48.8 Å². The monoisotopic (exact) mass is 763 g/mol. The largest absolute Gasteiger partial charge is 0.497 e. The number of methoxy groups -OCH3 is 2. The number of hydrogen-bond donors (Lipinski definition) is 1. The number of anilines is 1. The summed E-state index contributed by atoms with van der Waals surface area (Å²) in [6, 6.07) is 18.3. The van der Waals surface area contributed by atoms with Crippen molar-refractivity contribution in [2.75, 3.05) is 52.0 Å². The summed E-state index contributed by atoms with van der Waals surface area (Å²) in [4.78, 5) is 16.3. The van der Waals surface area contributed by atoms with E-state index in [-0.39, 0.29) is 29.5 Å². The maximum atomic E-state index is 14.1. The van der Waals surface area contributed by atoms with Crippen LogP contribution in [0.5, 0.6) is 11.5 Å². The molecule has 2 heterocycles. The minimum Gasteiger partial charge on any atom is -0.497 e. The number of ether oxygens (including phenoxy) is 4. The van der Waals surface area contributed by atoms with Gasteiger partial charge >= 0.3 is 10.2 Å². The van der Waals surface area contributed by atoms with Crippen LogP contribution in [0.25, 0.3) is 0 Å². The van der Waals surface area contributed by atoms with Crippen molar-refractivity contribution in [1.29, 1.82) is 0 Å². The lowest BCUT2D eigenvalue weighted by molar-refractivity contribution is -0.0309. The molecule has 0 aromatic heterocycles. The van der Waals surface area contributed by atoms with Gasteiger partial charge in [-0.15, -0.1) is 0 Å². The van der Waals surface area contributed by atoms with Gasteiger partial charge in [0.15, 0.2) is 0 Å². The number of hydrogen-bond acceptors (Lipinski definition) is 8. The topological polar surface area (TPSA) is 107 Å². The number of aryl methyl sites for hydroxylation is 1. The third kappa shape index (κ3) is 8.10. The molecule has 12 heteroatoms. The number of amides is 1. The zero-order valence-corrected chi connectivity index (χ0v) is 32.3. The Morgan fingerprint density at radius 1 is 1.04 bits per heavy atom. The second-order valence-electron chi connectivity index (χ2n) is 15.0. The first-order valence-corrected chi connectivity index (χ1v) is 20.5. The first-order chi connectivity index (χ1) is 25.6. The molecule has 3 aromatic rings. The van der Waals surface area contributed by atoms with Crippen LogP contribution in [0.1, 0.15) is 66.1 Å². The highest BCUT2D eigenvalue weighted by Gasteiger charge is 2.44. The lowest BCUT2D eigenvalue weighted by Crippen LogP contribution is -2.50. The summed E-state index contributed by atoms with van der Waals surface area (Å²) < 4.78 is 55.8. The van der Waals surface area contributed by atoms with Crippen molar-refractivity contribution in [3.63, 3.8) is 0 Å². The molecule has 0 radical (unpaired) electrons. The normalized spacial score (nSPS) is 27.7. The van der Waals surface area contributed by atoms with E-state index in [4.69, 9.17) is 30.5 Å². The van der Waals surface area contributed by atoms with Gasteiger partial charge in [-0.1, -0.05) is 42.0 Å². The quantitative estimate of drug-likeness (QED) is 0.209. The maximum absolute atomic E-state index is 14.1. The third-order valence-corrected chi connectivity index (χ3v) is 13.4. The van der Waals surface area contributed by atoms with Crippen molar-refractivity contribution >= 4 is 33.4 Å². The molecule has 1 fully saturated rings. The van der Waals surface area contributed by atoms with Crippen LogP contribution in [0.2, 0.25) is 5.02 Å². The summed E-state index contributed by atoms with van der Waals surface area (Å²) in [6.45, 7) is 4.80. The van der Waals surface area contributed by atoms with Gasteiger partial charge in [-0.05, 0) is 116 Å². The Kier molecular flexibility index (Phi) is 11.4. The number of carbonyl (C=O) groups is 1. The average Bonchev–Trinajstić information content (AvgIpc) is 3.28. The average molecular weight is 764 g/mol. The highest BCUT2D eigenvalue weighted by molar-refractivity contribution is 7.87. The smallest absolute Gasteiger partial charge is 0.304 e. The van der Waals surface area contributed by atoms with Crippen LogP contribution in [0.15, 0.2) is 72.8 Å². The summed E-state index contributed by atoms with van der Waals surface area (Å²) in [6.07, 6.45) is 9.42. The van der Waals surface area contributed by atoms with Crippen LogP contribution in [0.4, 0.5) is 5.69 Å². The SMILES string of the molecule is COCCOC1/C=C/C[C@H](C)N(Cc2ccc(OC)cc2)S(=O)(=O)NC(=O)c2ccc3c(c2)N(C[C@@H]2CC[C@@H]12)C[C@@]1(CCCc2cc(Cl)ccc21)CO3. The molecule has 1 unspecified atom stereocenters. The Morgan fingerprint density at radius 2 is 1.87 bits per heavy atom. The molecule has 284 valence electrons. The zero-order chi connectivity index (χ0) is 37.2. The van der Waals surface area contributed by atoms with Crippen molar-refractivity contribution in [3.05, 3.63) is 100 Å². The third-order valence-electron chi connectivity index (χ3n) is 11.6. The minimum atomic E-state index is -4.29. The van der Waals surface area contributed by atoms with E-state index in [2.05, 4.69) is 27.8 Å². The molecule has 5 atom stereocenters. The molecule has 2 aliphatic carbocycles. The van der Waals surface area contributed by atoms with Crippen LogP contribution in [-0.4, -0.2) is 77.9 Å². The zero-order valence-electron chi connectivity index (χ0n) is 30.8. The number of carbonyl (C=O) groups excluding carboxylic acids is 1. The van der Waals surface area contributed by atoms with Crippen LogP contribution in [-0.2, 0) is 38.1 Å². The lowest BCUT2D eigenvalue weighted by Gasteiger charge is -2.46. The molecule has 2 bridgehead atoms. The number of rotatable bonds is 7. The van der Waals surface area contributed by atoms with E-state index < -0.39 is 22.2 Å². The molecule has 1 saturated carbocycles. The van der Waals surface area contributed by atoms with E-state index in [0.717, 1.165) is 54.9 Å². The summed E-state index contributed by atoms with van der Waals surface area (Å²) in [5.41, 5.74) is 4.05. The number of halogens is 1. The lowest BCUT2D eigenvalue weighted by atomic mass is 9.68. The highest BCUT2D eigenvalue weighted by atomic mass is 35.5. The Bertz CT molecular complexity index is 1920. The van der Waals surface area contributed by atoms with Gasteiger partial charge in [-0.3, -0.25) is 4.79 Å². The van der Waals surface area contributed by atoms with Gasteiger partial charge in [-0.25, -0.2) is 4.72 Å². The molecule has 7 rings (SSSR count). The molecule has 4 aliphatic rings. The molecule has 1 amide bonds. The van der Waals surface area contributed by atoms with E-state index in [1.165, 1.54) is 15.4 Å². The summed E-state index contributed by atoms with van der Waals surface area (Å²) >= 11 is 6.47. The molecule has 10 nitrogen and oxygen atoms in total. The van der Waals surface area contributed by atoms with Crippen LogP contribution < -0.4 is 19.1 Å². The van der Waals surface area contributed by atoms with Gasteiger partial charge in [0.25, 0.3) is 5.91 Å². The molecular formula is C41H50ClN3O7S. The van der Waals surface area contributed by atoms with E-state index in [1.807, 2.05) is 37.3 Å². The fourth-order valence-corrected chi connectivity index (χ4v) is 10.1. The molecule has 2 aliphatic heterocycles. The van der Waals surface area contributed by atoms with Gasteiger partial charge in [-0.2, -0.15) is 12.7 Å². The van der Waals surface area contributed by atoms with E-state index in [9.17, 15) is 13.2 Å². The Labute approximate surface area is 318 Å². The standard InChI is InChI=1S/C41H50ClN3O7S/c1-28-6-4-8-38(51-21-20-49-2)35-16-11-32(35)25-44-26-41(19-5-7-30-22-33(42)13-17-36(30)41)27-52-39-18-12-31(23-37(39)44)40(46)43-53(47,48)45(28)24-29-9-14-34(50-3)15-10-29/h4,8-10,12-15,17-18,22-23,28,32,35,38H,5-7,11,16,19-21,24-27H2,1-3H3,(H,43,46)/b8-4+/t28-,32-,35+,38?,41-/m0/s1. The summed E-state index contributed by atoms with van der Waals surface area (Å²) in [5, 5.41) is 0.732. The second kappa shape index (κ2) is 16.0. The predicted molar refractivity (Wildman–Crippen MR) is 206 cm³/mol. The molecule has 53 heavy (non-hydrogen) atoms. The van der Waals surface area contributed by atoms with E-state index in [1.54, 1.807) is 38.5 Å². The van der Waals surface area contributed by atoms with Gasteiger partial charge in [0.1, 0.15) is 11.5 Å². The van der Waals surface area contributed by atoms with Crippen molar-refractivity contribution in [2.24, 2.45) is 11.8 Å². The van der Waals surface area contributed by atoms with Crippen LogP contribution in [0.3, 0.4) is 0 Å². The number of fused-ring (bicyclic) bond motifs is 4. The van der Waals surface area contributed by atoms with Gasteiger partial charge < -0.3 is 23.8 Å². The molecular weight excluding hydrogens is 714 g/mol. The Hall–Kier alpha value is -3.61. The number of nitrogens with one attached hydrogen (secondary N) is 1. The Balaban J connectivity index is 1.28. The van der Waals surface area contributed by atoms with Crippen LogP contribution in [0, 0.1) is 11.8 Å². The van der Waals surface area contributed by atoms with Crippen molar-refractivity contribution in [3.8, 4) is 11.5 Å². The summed E-state index contributed by atoms with van der Waals surface area (Å²) in [5.74, 6) is 1.26. The fourth-order valence-electron chi connectivity index (χ4n) is 8.53. The van der Waals surface area contributed by atoms with E-state index in [0.29, 0.717) is 50.2 Å². The van der Waals surface area contributed by atoms with Crippen LogP contribution >= 0.6 is 11.6 Å². The summed E-state index contributed by atoms with van der Waals surface area (Å²) in [7, 11) is -1.03. The molecule has 0 saturated heterocycles. The second-order valence-corrected chi connectivity index (χ2v) is 17.0. The molecule has 1 spiro atoms. The minimum absolute atomic E-state index is 0.0701. The van der Waals surface area contributed by atoms with Crippen molar-refractivity contribution in [1.82, 2.24) is 9.03 Å². The van der Waals surface area contributed by atoms with Gasteiger partial charge in [0.2, 0.25) is 0 Å². The number of nitrogens with zero attached hydrogens (tertiary/aromatic N) is 2. The maximum Gasteiger partial charge on any atom is 0.304 e. The van der Waals surface area contributed by atoms with E-state index >= 15 is 0 Å². The Morgan fingerprint density at radius 3 is 2.62 bits per heavy atom. The van der Waals surface area contributed by atoms with Crippen molar-refractivity contribution in [2.45, 2.75) is 69.6 Å². The number of benzene rings is 3. The van der Waals surface area contributed by atoms with Gasteiger partial charge in [0.05, 0.1) is 38.7 Å². The predicted octanol–water partition coefficient (Wildman–Crippen LogP) is 6.70. The van der Waals surface area contributed by atoms with Crippen molar-refractivity contribution < 1.29 is 32.2 Å². The molecule has 1 N–H and O–H groups in total.